The second kappa shape index (κ2) is 6.15. The van der Waals surface area contributed by atoms with Crippen molar-refractivity contribution in [3.63, 3.8) is 0 Å². The van der Waals surface area contributed by atoms with Crippen molar-refractivity contribution in [3.8, 4) is 0 Å². The fraction of sp³-hybridized carbons (Fsp3) is 0.286. The lowest BCUT2D eigenvalue weighted by molar-refractivity contribution is 0.0600. The third kappa shape index (κ3) is 3.42. The van der Waals surface area contributed by atoms with Gasteiger partial charge in [-0.2, -0.15) is 0 Å². The van der Waals surface area contributed by atoms with Crippen molar-refractivity contribution in [3.05, 3.63) is 53.6 Å². The number of ether oxygens (including phenoxy) is 1. The van der Waals surface area contributed by atoms with Crippen LogP contribution in [-0.4, -0.2) is 29.7 Å². The summed E-state index contributed by atoms with van der Waals surface area (Å²) in [6.45, 7) is 1.49. The third-order valence-electron chi connectivity index (χ3n) is 2.78. The number of hydrogen-bond acceptors (Lipinski definition) is 4. The number of nitrogens with zero attached hydrogens (tertiary/aromatic N) is 2. The van der Waals surface area contributed by atoms with Crippen molar-refractivity contribution in [2.45, 2.75) is 13.1 Å². The van der Waals surface area contributed by atoms with E-state index in [1.165, 1.54) is 7.11 Å². The first-order chi connectivity index (χ1) is 9.22. The molecule has 1 heterocycles. The normalized spacial score (nSPS) is 10.4. The van der Waals surface area contributed by atoms with Gasteiger partial charge in [0.15, 0.2) is 0 Å². The zero-order chi connectivity index (χ0) is 13.7. The summed E-state index contributed by atoms with van der Waals surface area (Å²) in [4.78, 5) is 15.6. The van der Waals surface area contributed by atoms with Crippen molar-refractivity contribution < 1.29 is 9.53 Å². The van der Waals surface area contributed by atoms with Gasteiger partial charge in [0.1, 0.15) is 0 Å². The summed E-state index contributed by atoms with van der Waals surface area (Å²) in [5, 5.41) is 3.06. The maximum atomic E-state index is 11.3. The maximum Gasteiger partial charge on any atom is 0.337 e. The van der Waals surface area contributed by atoms with E-state index in [-0.39, 0.29) is 5.97 Å². The van der Waals surface area contributed by atoms with Gasteiger partial charge in [-0.25, -0.2) is 9.78 Å². The van der Waals surface area contributed by atoms with Gasteiger partial charge in [0.05, 0.1) is 24.7 Å². The highest BCUT2D eigenvalue weighted by atomic mass is 16.5. The van der Waals surface area contributed by atoms with Crippen LogP contribution in [0, 0.1) is 0 Å². The highest BCUT2D eigenvalue weighted by Crippen LogP contribution is 2.08. The molecule has 0 aliphatic carbocycles. The number of rotatable bonds is 5. The van der Waals surface area contributed by atoms with Crippen LogP contribution in [0.15, 0.2) is 36.8 Å². The number of carbonyl (C=O) groups excluding carboxylic acids is 1. The smallest absolute Gasteiger partial charge is 0.337 e. The van der Waals surface area contributed by atoms with E-state index in [4.69, 9.17) is 0 Å². The molecular formula is C14H17N3O2. The number of methoxy groups -OCH3 is 1. The van der Waals surface area contributed by atoms with Gasteiger partial charge in [-0.05, 0) is 24.7 Å². The molecule has 100 valence electrons. The molecule has 1 N–H and O–H groups in total. The van der Waals surface area contributed by atoms with Crippen molar-refractivity contribution in [1.82, 2.24) is 14.9 Å². The van der Waals surface area contributed by atoms with E-state index in [2.05, 4.69) is 15.0 Å². The van der Waals surface area contributed by atoms with Crippen LogP contribution in [0.2, 0.25) is 0 Å². The van der Waals surface area contributed by atoms with Crippen LogP contribution in [0.25, 0.3) is 0 Å². The molecule has 1 aromatic heterocycles. The number of carbonyl (C=O) groups is 1. The van der Waals surface area contributed by atoms with Crippen LogP contribution in [0.5, 0.6) is 0 Å². The van der Waals surface area contributed by atoms with Crippen LogP contribution >= 0.6 is 0 Å². The number of benzene rings is 1. The Morgan fingerprint density at radius 3 is 2.74 bits per heavy atom. The van der Waals surface area contributed by atoms with Crippen molar-refractivity contribution >= 4 is 5.97 Å². The maximum absolute atomic E-state index is 11.3. The minimum Gasteiger partial charge on any atom is -0.465 e. The first-order valence-corrected chi connectivity index (χ1v) is 6.05. The molecule has 1 aromatic carbocycles. The quantitative estimate of drug-likeness (QED) is 0.825. The Morgan fingerprint density at radius 2 is 2.11 bits per heavy atom. The molecule has 19 heavy (non-hydrogen) atoms. The number of hydrogen-bond donors (Lipinski definition) is 1. The number of esters is 1. The average molecular weight is 259 g/mol. The van der Waals surface area contributed by atoms with Crippen molar-refractivity contribution in [1.29, 1.82) is 0 Å². The van der Waals surface area contributed by atoms with E-state index >= 15 is 0 Å². The molecule has 0 atom stereocenters. The van der Waals surface area contributed by atoms with Crippen LogP contribution in [0.3, 0.4) is 0 Å². The zero-order valence-corrected chi connectivity index (χ0v) is 11.1. The van der Waals surface area contributed by atoms with Gasteiger partial charge in [0, 0.05) is 19.3 Å². The highest BCUT2D eigenvalue weighted by Gasteiger charge is 2.04. The van der Waals surface area contributed by atoms with E-state index < -0.39 is 0 Å². The molecule has 0 aliphatic rings. The Hall–Kier alpha value is -2.14. The Morgan fingerprint density at radius 1 is 1.37 bits per heavy atom. The molecule has 0 unspecified atom stereocenters. The predicted molar refractivity (Wildman–Crippen MR) is 71.9 cm³/mol. The fourth-order valence-corrected chi connectivity index (χ4v) is 1.84. The third-order valence-corrected chi connectivity index (χ3v) is 2.78. The van der Waals surface area contributed by atoms with Crippen molar-refractivity contribution in [2.75, 3.05) is 14.2 Å². The van der Waals surface area contributed by atoms with Crippen LogP contribution in [-0.2, 0) is 17.8 Å². The topological polar surface area (TPSA) is 56.2 Å². The van der Waals surface area contributed by atoms with Crippen LogP contribution < -0.4 is 5.32 Å². The summed E-state index contributed by atoms with van der Waals surface area (Å²) >= 11 is 0. The van der Waals surface area contributed by atoms with Gasteiger partial charge in [0.2, 0.25) is 0 Å². The first-order valence-electron chi connectivity index (χ1n) is 6.05. The van der Waals surface area contributed by atoms with Crippen molar-refractivity contribution in [2.24, 2.45) is 0 Å². The molecular weight excluding hydrogens is 242 g/mol. The number of nitrogens with one attached hydrogen (secondary N) is 1. The monoisotopic (exact) mass is 259 g/mol. The lowest BCUT2D eigenvalue weighted by atomic mass is 10.1. The van der Waals surface area contributed by atoms with E-state index in [0.29, 0.717) is 5.56 Å². The standard InChI is InChI=1S/C14H17N3O2/c1-15-7-13-9-17(10-16-13)8-11-3-5-12(6-4-11)14(18)19-2/h3-6,9-10,15H,7-8H2,1-2H3. The largest absolute Gasteiger partial charge is 0.465 e. The summed E-state index contributed by atoms with van der Waals surface area (Å²) in [5.74, 6) is -0.314. The molecule has 2 aromatic rings. The Labute approximate surface area is 112 Å². The van der Waals surface area contributed by atoms with Gasteiger partial charge in [-0.3, -0.25) is 0 Å². The molecule has 0 saturated carbocycles. The second-order valence-electron chi connectivity index (χ2n) is 4.26. The molecule has 0 amide bonds. The highest BCUT2D eigenvalue weighted by molar-refractivity contribution is 5.89. The van der Waals surface area contributed by atoms with Gasteiger partial charge in [-0.1, -0.05) is 12.1 Å². The number of aromatic nitrogens is 2. The van der Waals surface area contributed by atoms with E-state index in [0.717, 1.165) is 24.3 Å². The molecule has 0 aliphatic heterocycles. The number of imidazole rings is 1. The first kappa shape index (κ1) is 13.3. The minimum absolute atomic E-state index is 0.314. The molecule has 0 bridgehead atoms. The lowest BCUT2D eigenvalue weighted by Crippen LogP contribution is -2.05. The van der Waals surface area contributed by atoms with Crippen LogP contribution in [0.4, 0.5) is 0 Å². The Balaban J connectivity index is 2.04. The van der Waals surface area contributed by atoms with E-state index in [9.17, 15) is 4.79 Å². The van der Waals surface area contributed by atoms with Gasteiger partial charge in [0.25, 0.3) is 0 Å². The summed E-state index contributed by atoms with van der Waals surface area (Å²) in [7, 11) is 3.27. The van der Waals surface area contributed by atoms with Gasteiger partial charge < -0.3 is 14.6 Å². The zero-order valence-electron chi connectivity index (χ0n) is 11.1. The SMILES string of the molecule is CNCc1cn(Cc2ccc(C(=O)OC)cc2)cn1. The average Bonchev–Trinajstić information content (AvgIpc) is 2.86. The predicted octanol–water partition coefficient (Wildman–Crippen LogP) is 1.44. The molecule has 5 heteroatoms. The van der Waals surface area contributed by atoms with Crippen LogP contribution in [0.1, 0.15) is 21.6 Å². The molecule has 0 spiro atoms. The van der Waals surface area contributed by atoms with Gasteiger partial charge in [-0.15, -0.1) is 0 Å². The van der Waals surface area contributed by atoms with Gasteiger partial charge >= 0.3 is 5.97 Å². The summed E-state index contributed by atoms with van der Waals surface area (Å²) < 4.78 is 6.68. The minimum atomic E-state index is -0.314. The summed E-state index contributed by atoms with van der Waals surface area (Å²) in [6.07, 6.45) is 3.81. The Kier molecular flexibility index (Phi) is 4.30. The molecule has 0 fully saturated rings. The Bertz CT molecular complexity index is 546. The molecule has 5 nitrogen and oxygen atoms in total. The molecule has 0 saturated heterocycles. The van der Waals surface area contributed by atoms with E-state index in [1.807, 2.05) is 29.9 Å². The fourth-order valence-electron chi connectivity index (χ4n) is 1.84. The summed E-state index contributed by atoms with van der Waals surface area (Å²) in [5.41, 5.74) is 2.68. The lowest BCUT2D eigenvalue weighted by Gasteiger charge is -2.04. The molecule has 0 radical (unpaired) electrons. The summed E-state index contributed by atoms with van der Waals surface area (Å²) in [6, 6.07) is 7.38. The van der Waals surface area contributed by atoms with E-state index in [1.54, 1.807) is 18.5 Å². The second-order valence-corrected chi connectivity index (χ2v) is 4.26. The molecule has 2 rings (SSSR count).